The number of methoxy groups -OCH3 is 1. The van der Waals surface area contributed by atoms with Crippen molar-refractivity contribution in [3.05, 3.63) is 101 Å². The van der Waals surface area contributed by atoms with E-state index in [1.54, 1.807) is 25.3 Å². The Bertz CT molecular complexity index is 1140. The van der Waals surface area contributed by atoms with Crippen LogP contribution in [-0.2, 0) is 0 Å². The maximum atomic E-state index is 12.7. The van der Waals surface area contributed by atoms with Crippen molar-refractivity contribution >= 4 is 28.4 Å². The normalized spacial score (nSPS) is 11.9. The van der Waals surface area contributed by atoms with Crippen molar-refractivity contribution in [3.63, 3.8) is 0 Å². The van der Waals surface area contributed by atoms with Crippen molar-refractivity contribution in [1.82, 2.24) is 10.3 Å². The lowest BCUT2D eigenvalue weighted by atomic mass is 9.90. The molecular weight excluding hydrogens is 384 g/mol. The minimum Gasteiger partial charge on any atom is -0.497 e. The Morgan fingerprint density at radius 1 is 1.03 bits per heavy atom. The highest BCUT2D eigenvalue weighted by atomic mass is 35.5. The van der Waals surface area contributed by atoms with Crippen molar-refractivity contribution < 1.29 is 9.53 Å². The van der Waals surface area contributed by atoms with Crippen molar-refractivity contribution in [2.24, 2.45) is 0 Å². The summed E-state index contributed by atoms with van der Waals surface area (Å²) in [6, 6.07) is 23.2. The predicted molar refractivity (Wildman–Crippen MR) is 117 cm³/mol. The first-order chi connectivity index (χ1) is 14.2. The van der Waals surface area contributed by atoms with E-state index in [2.05, 4.69) is 16.4 Å². The van der Waals surface area contributed by atoms with Gasteiger partial charge in [-0.15, -0.1) is 0 Å². The Morgan fingerprint density at radius 3 is 2.52 bits per heavy atom. The number of halogens is 1. The molecule has 0 spiro atoms. The van der Waals surface area contributed by atoms with Gasteiger partial charge < -0.3 is 15.0 Å². The first kappa shape index (κ1) is 19.1. The van der Waals surface area contributed by atoms with E-state index >= 15 is 0 Å². The van der Waals surface area contributed by atoms with Gasteiger partial charge >= 0.3 is 0 Å². The first-order valence-electron chi connectivity index (χ1n) is 9.40. The minimum atomic E-state index is -0.186. The summed E-state index contributed by atoms with van der Waals surface area (Å²) < 4.78 is 5.29. The molecule has 5 heteroatoms. The van der Waals surface area contributed by atoms with Gasteiger partial charge in [0.05, 0.1) is 17.7 Å². The molecule has 2 N–H and O–H groups in total. The summed E-state index contributed by atoms with van der Waals surface area (Å²) in [6.07, 6.45) is 2.02. The topological polar surface area (TPSA) is 54.1 Å². The maximum Gasteiger partial charge on any atom is 0.252 e. The van der Waals surface area contributed by atoms with E-state index in [-0.39, 0.29) is 11.8 Å². The number of aromatic nitrogens is 1. The Morgan fingerprint density at radius 2 is 1.76 bits per heavy atom. The van der Waals surface area contributed by atoms with Crippen LogP contribution in [-0.4, -0.2) is 24.5 Å². The molecule has 1 amide bonds. The van der Waals surface area contributed by atoms with Crippen molar-refractivity contribution in [1.29, 1.82) is 0 Å². The molecular formula is C24H21ClN2O2. The van der Waals surface area contributed by atoms with E-state index in [4.69, 9.17) is 16.3 Å². The number of carbonyl (C=O) groups is 1. The Kier molecular flexibility index (Phi) is 5.54. The van der Waals surface area contributed by atoms with Gasteiger partial charge in [-0.05, 0) is 41.5 Å². The number of para-hydroxylation sites is 1. The summed E-state index contributed by atoms with van der Waals surface area (Å²) in [7, 11) is 1.65. The molecule has 3 aromatic carbocycles. The van der Waals surface area contributed by atoms with Crippen LogP contribution in [0.1, 0.15) is 27.4 Å². The Balaban J connectivity index is 1.66. The standard InChI is InChI=1S/C24H21ClN2O2/c1-29-17-12-10-16(11-13-17)20(21-15-26-23-9-5-3-6-18(21)23)14-27-24(28)19-7-2-4-8-22(19)25/h2-13,15,20,26H,14H2,1H3,(H,27,28). The molecule has 0 aliphatic heterocycles. The summed E-state index contributed by atoms with van der Waals surface area (Å²) in [6.45, 7) is 0.443. The fraction of sp³-hybridized carbons (Fsp3) is 0.125. The van der Waals surface area contributed by atoms with Gasteiger partial charge in [-0.25, -0.2) is 0 Å². The second-order valence-corrected chi connectivity index (χ2v) is 7.21. The number of benzene rings is 3. The lowest BCUT2D eigenvalue weighted by molar-refractivity contribution is 0.0952. The lowest BCUT2D eigenvalue weighted by Crippen LogP contribution is -2.29. The van der Waals surface area contributed by atoms with Crippen LogP contribution in [0.25, 0.3) is 10.9 Å². The zero-order chi connectivity index (χ0) is 20.2. The number of ether oxygens (including phenoxy) is 1. The molecule has 4 rings (SSSR count). The van der Waals surface area contributed by atoms with Gasteiger partial charge in [0.1, 0.15) is 5.75 Å². The SMILES string of the molecule is COc1ccc(C(CNC(=O)c2ccccc2Cl)c2c[nH]c3ccccc23)cc1. The molecule has 1 heterocycles. The van der Waals surface area contributed by atoms with Crippen molar-refractivity contribution in [3.8, 4) is 5.75 Å². The number of fused-ring (bicyclic) bond motifs is 1. The minimum absolute atomic E-state index is 0.0245. The van der Waals surface area contributed by atoms with Gasteiger partial charge in [0.15, 0.2) is 0 Å². The molecule has 146 valence electrons. The summed E-state index contributed by atoms with van der Waals surface area (Å²) in [5.41, 5.74) is 3.76. The van der Waals surface area contributed by atoms with Crippen LogP contribution < -0.4 is 10.1 Å². The summed E-state index contributed by atoms with van der Waals surface area (Å²) in [5, 5.41) is 4.63. The Labute approximate surface area is 174 Å². The number of carbonyl (C=O) groups excluding carboxylic acids is 1. The molecule has 29 heavy (non-hydrogen) atoms. The summed E-state index contributed by atoms with van der Waals surface area (Å²) in [5.74, 6) is 0.587. The third kappa shape index (κ3) is 3.98. The fourth-order valence-corrected chi connectivity index (χ4v) is 3.78. The fourth-order valence-electron chi connectivity index (χ4n) is 3.56. The van der Waals surface area contributed by atoms with Crippen LogP contribution in [0.5, 0.6) is 5.75 Å². The molecule has 4 aromatic rings. The van der Waals surface area contributed by atoms with Gasteiger partial charge in [-0.2, -0.15) is 0 Å². The molecule has 1 atom stereocenters. The average Bonchev–Trinajstić information content (AvgIpc) is 3.18. The highest BCUT2D eigenvalue weighted by Crippen LogP contribution is 2.31. The number of rotatable bonds is 6. The lowest BCUT2D eigenvalue weighted by Gasteiger charge is -2.19. The second kappa shape index (κ2) is 8.41. The first-order valence-corrected chi connectivity index (χ1v) is 9.78. The molecule has 1 aromatic heterocycles. The third-order valence-corrected chi connectivity index (χ3v) is 5.43. The highest BCUT2D eigenvalue weighted by Gasteiger charge is 2.20. The van der Waals surface area contributed by atoms with E-state index in [9.17, 15) is 4.79 Å². The quantitative estimate of drug-likeness (QED) is 0.452. The third-order valence-electron chi connectivity index (χ3n) is 5.10. The number of nitrogens with one attached hydrogen (secondary N) is 2. The van der Waals surface area contributed by atoms with Crippen LogP contribution in [0.3, 0.4) is 0 Å². The van der Waals surface area contributed by atoms with Gasteiger partial charge in [-0.3, -0.25) is 4.79 Å². The van der Waals surface area contributed by atoms with Crippen LogP contribution in [0.15, 0.2) is 79.0 Å². The average molecular weight is 405 g/mol. The van der Waals surface area contributed by atoms with Crippen LogP contribution in [0.2, 0.25) is 5.02 Å². The number of hydrogen-bond acceptors (Lipinski definition) is 2. The summed E-state index contributed by atoms with van der Waals surface area (Å²) in [4.78, 5) is 16.0. The smallest absolute Gasteiger partial charge is 0.252 e. The zero-order valence-corrected chi connectivity index (χ0v) is 16.7. The largest absolute Gasteiger partial charge is 0.497 e. The highest BCUT2D eigenvalue weighted by molar-refractivity contribution is 6.33. The van der Waals surface area contributed by atoms with E-state index in [0.29, 0.717) is 17.1 Å². The van der Waals surface area contributed by atoms with Crippen LogP contribution in [0, 0.1) is 0 Å². The molecule has 0 saturated carbocycles. The van der Waals surface area contributed by atoms with Gasteiger partial charge in [0, 0.05) is 29.6 Å². The monoisotopic (exact) mass is 404 g/mol. The molecule has 0 aliphatic carbocycles. The number of aromatic amines is 1. The molecule has 0 aliphatic rings. The maximum absolute atomic E-state index is 12.7. The number of hydrogen-bond donors (Lipinski definition) is 2. The molecule has 0 radical (unpaired) electrons. The molecule has 1 unspecified atom stereocenters. The predicted octanol–water partition coefficient (Wildman–Crippen LogP) is 5.39. The molecule has 4 nitrogen and oxygen atoms in total. The van der Waals surface area contributed by atoms with Gasteiger partial charge in [-0.1, -0.05) is 54.1 Å². The van der Waals surface area contributed by atoms with Gasteiger partial charge in [0.25, 0.3) is 5.91 Å². The van der Waals surface area contributed by atoms with E-state index < -0.39 is 0 Å². The molecule has 0 fully saturated rings. The van der Waals surface area contributed by atoms with Crippen LogP contribution >= 0.6 is 11.6 Å². The number of amides is 1. The van der Waals surface area contributed by atoms with Crippen molar-refractivity contribution in [2.75, 3.05) is 13.7 Å². The van der Waals surface area contributed by atoms with E-state index in [1.807, 2.05) is 54.7 Å². The molecule has 0 bridgehead atoms. The number of H-pyrrole nitrogens is 1. The zero-order valence-electron chi connectivity index (χ0n) is 16.0. The summed E-state index contributed by atoms with van der Waals surface area (Å²) >= 11 is 6.18. The van der Waals surface area contributed by atoms with E-state index in [1.165, 1.54) is 0 Å². The van der Waals surface area contributed by atoms with E-state index in [0.717, 1.165) is 27.8 Å². The van der Waals surface area contributed by atoms with Gasteiger partial charge in [0.2, 0.25) is 0 Å². The van der Waals surface area contributed by atoms with Crippen molar-refractivity contribution in [2.45, 2.75) is 5.92 Å². The Hall–Kier alpha value is -3.24. The van der Waals surface area contributed by atoms with Crippen LogP contribution in [0.4, 0.5) is 0 Å². The molecule has 0 saturated heterocycles. The second-order valence-electron chi connectivity index (χ2n) is 6.81.